The summed E-state index contributed by atoms with van der Waals surface area (Å²) < 4.78 is 8.40. The second-order valence-corrected chi connectivity index (χ2v) is 7.97. The maximum absolute atomic E-state index is 12.6. The number of carbonyl (C=O) groups is 2. The lowest BCUT2D eigenvalue weighted by Gasteiger charge is -2.13. The van der Waals surface area contributed by atoms with Crippen LogP contribution in [0.2, 0.25) is 0 Å². The Labute approximate surface area is 184 Å². The lowest BCUT2D eigenvalue weighted by atomic mass is 10.2. The summed E-state index contributed by atoms with van der Waals surface area (Å²) >= 11 is 3.38. The maximum atomic E-state index is 12.6. The number of ether oxygens (including phenoxy) is 1. The summed E-state index contributed by atoms with van der Waals surface area (Å²) in [7, 11) is 0. The summed E-state index contributed by atoms with van der Waals surface area (Å²) in [5.74, 6) is -0.245. The van der Waals surface area contributed by atoms with Gasteiger partial charge in [-0.25, -0.2) is 0 Å². The van der Waals surface area contributed by atoms with Crippen LogP contribution in [0.5, 0.6) is 5.75 Å². The van der Waals surface area contributed by atoms with Crippen LogP contribution in [0.4, 0.5) is 0 Å². The van der Waals surface area contributed by atoms with Gasteiger partial charge in [0, 0.05) is 16.2 Å². The average molecular weight is 472 g/mol. The zero-order valence-corrected chi connectivity index (χ0v) is 18.6. The third-order valence-electron chi connectivity index (χ3n) is 4.75. The van der Waals surface area contributed by atoms with Crippen LogP contribution in [0, 0.1) is 0 Å². The third-order valence-corrected chi connectivity index (χ3v) is 5.24. The topological polar surface area (TPSA) is 72.4 Å². The smallest absolute Gasteiger partial charge is 0.273 e. The molecule has 0 spiro atoms. The van der Waals surface area contributed by atoms with Crippen LogP contribution < -0.4 is 15.6 Å². The highest BCUT2D eigenvalue weighted by Crippen LogP contribution is 2.23. The highest BCUT2D eigenvalue weighted by Gasteiger charge is 2.15. The van der Waals surface area contributed by atoms with E-state index in [1.807, 2.05) is 47.2 Å². The number of hydrogen-bond donors (Lipinski definition) is 2. The van der Waals surface area contributed by atoms with Gasteiger partial charge < -0.3 is 9.30 Å². The molecule has 2 aromatic carbocycles. The molecule has 6 nitrogen and oxygen atoms in total. The number of rotatable bonds is 9. The van der Waals surface area contributed by atoms with E-state index >= 15 is 0 Å². The first-order valence-corrected chi connectivity index (χ1v) is 10.9. The number of nitrogens with one attached hydrogen (secondary N) is 2. The van der Waals surface area contributed by atoms with Crippen molar-refractivity contribution in [2.75, 3.05) is 6.61 Å². The van der Waals surface area contributed by atoms with E-state index in [2.05, 4.69) is 33.7 Å². The number of para-hydroxylation sites is 1. The van der Waals surface area contributed by atoms with E-state index in [1.54, 1.807) is 12.1 Å². The molecule has 0 saturated carbocycles. The van der Waals surface area contributed by atoms with Gasteiger partial charge in [-0.15, -0.1) is 0 Å². The zero-order chi connectivity index (χ0) is 21.3. The van der Waals surface area contributed by atoms with Gasteiger partial charge in [0.2, 0.25) is 0 Å². The Balaban J connectivity index is 1.57. The molecule has 0 fully saturated rings. The molecule has 158 valence electrons. The number of unbranched alkanes of at least 4 members (excludes halogenated alkanes) is 3. The first kappa shape index (κ1) is 21.9. The van der Waals surface area contributed by atoms with Crippen LogP contribution in [0.25, 0.3) is 10.9 Å². The molecule has 3 rings (SSSR count). The van der Waals surface area contributed by atoms with Crippen molar-refractivity contribution in [2.24, 2.45) is 0 Å². The SMILES string of the molecule is CCCCCCOc1ccc(Br)cc1C(=O)NNC(=O)Cn1ccc2ccccc21. The first-order chi connectivity index (χ1) is 14.6. The van der Waals surface area contributed by atoms with Crippen LogP contribution in [-0.4, -0.2) is 23.0 Å². The first-order valence-electron chi connectivity index (χ1n) is 10.1. The van der Waals surface area contributed by atoms with Crippen LogP contribution in [-0.2, 0) is 11.3 Å². The number of hydrogen-bond acceptors (Lipinski definition) is 3. The highest BCUT2D eigenvalue weighted by atomic mass is 79.9. The minimum absolute atomic E-state index is 0.104. The van der Waals surface area contributed by atoms with Gasteiger partial charge in [-0.2, -0.15) is 0 Å². The van der Waals surface area contributed by atoms with Crippen molar-refractivity contribution >= 4 is 38.6 Å². The number of halogens is 1. The molecule has 0 aliphatic carbocycles. The van der Waals surface area contributed by atoms with Gasteiger partial charge in [-0.05, 0) is 42.1 Å². The molecule has 0 aliphatic rings. The summed E-state index contributed by atoms with van der Waals surface area (Å²) in [6.45, 7) is 2.81. The molecular weight excluding hydrogens is 446 g/mol. The molecule has 2 amide bonds. The molecule has 1 heterocycles. The fourth-order valence-electron chi connectivity index (χ4n) is 3.18. The Hall–Kier alpha value is -2.80. The fourth-order valence-corrected chi connectivity index (χ4v) is 3.54. The average Bonchev–Trinajstić information content (AvgIpc) is 3.15. The Bertz CT molecular complexity index is 1020. The number of amides is 2. The van der Waals surface area contributed by atoms with Gasteiger partial charge >= 0.3 is 0 Å². The van der Waals surface area contributed by atoms with Gasteiger partial charge in [-0.1, -0.05) is 60.3 Å². The van der Waals surface area contributed by atoms with Crippen molar-refractivity contribution in [3.05, 3.63) is 64.8 Å². The monoisotopic (exact) mass is 471 g/mol. The standard InChI is InChI=1S/C23H26BrN3O3/c1-2-3-4-7-14-30-21-11-10-18(24)15-19(21)23(29)26-25-22(28)16-27-13-12-17-8-5-6-9-20(17)27/h5-6,8-13,15H,2-4,7,14,16H2,1H3,(H,25,28)(H,26,29). The van der Waals surface area contributed by atoms with E-state index in [-0.39, 0.29) is 12.5 Å². The summed E-state index contributed by atoms with van der Waals surface area (Å²) in [6.07, 6.45) is 6.21. The minimum Gasteiger partial charge on any atom is -0.493 e. The Morgan fingerprint density at radius 3 is 2.70 bits per heavy atom. The molecule has 3 aromatic rings. The largest absolute Gasteiger partial charge is 0.493 e. The van der Waals surface area contributed by atoms with E-state index < -0.39 is 5.91 Å². The lowest BCUT2D eigenvalue weighted by Crippen LogP contribution is -2.43. The molecule has 0 radical (unpaired) electrons. The van der Waals surface area contributed by atoms with Crippen molar-refractivity contribution in [3.8, 4) is 5.75 Å². The molecule has 2 N–H and O–H groups in total. The minimum atomic E-state index is -0.425. The molecule has 30 heavy (non-hydrogen) atoms. The van der Waals surface area contributed by atoms with Crippen molar-refractivity contribution in [3.63, 3.8) is 0 Å². The van der Waals surface area contributed by atoms with Gasteiger partial charge in [0.05, 0.1) is 12.2 Å². The molecule has 0 bridgehead atoms. The fraction of sp³-hybridized carbons (Fsp3) is 0.304. The predicted octanol–water partition coefficient (Wildman–Crippen LogP) is 4.82. The quantitative estimate of drug-likeness (QED) is 0.346. The second kappa shape index (κ2) is 10.8. The number of benzene rings is 2. The van der Waals surface area contributed by atoms with Crippen LogP contribution in [0.1, 0.15) is 43.0 Å². The van der Waals surface area contributed by atoms with Crippen LogP contribution in [0.3, 0.4) is 0 Å². The Morgan fingerprint density at radius 2 is 1.87 bits per heavy atom. The summed E-state index contributed by atoms with van der Waals surface area (Å²) in [5, 5.41) is 1.06. The highest BCUT2D eigenvalue weighted by molar-refractivity contribution is 9.10. The molecule has 0 atom stereocenters. The zero-order valence-electron chi connectivity index (χ0n) is 17.0. The number of aromatic nitrogens is 1. The Morgan fingerprint density at radius 1 is 1.03 bits per heavy atom. The third kappa shape index (κ3) is 5.86. The van der Waals surface area contributed by atoms with E-state index in [1.165, 1.54) is 6.42 Å². The second-order valence-electron chi connectivity index (χ2n) is 7.05. The van der Waals surface area contributed by atoms with Gasteiger partial charge in [0.1, 0.15) is 12.3 Å². The van der Waals surface area contributed by atoms with Crippen LogP contribution >= 0.6 is 15.9 Å². The molecular formula is C23H26BrN3O3. The lowest BCUT2D eigenvalue weighted by molar-refractivity contribution is -0.122. The Kier molecular flexibility index (Phi) is 7.90. The normalized spacial score (nSPS) is 10.7. The van der Waals surface area contributed by atoms with Crippen molar-refractivity contribution in [1.82, 2.24) is 15.4 Å². The predicted molar refractivity (Wildman–Crippen MR) is 121 cm³/mol. The van der Waals surface area contributed by atoms with Gasteiger partial charge in [-0.3, -0.25) is 20.4 Å². The van der Waals surface area contributed by atoms with E-state index in [4.69, 9.17) is 4.74 Å². The molecule has 0 saturated heterocycles. The summed E-state index contributed by atoms with van der Waals surface area (Å²) in [4.78, 5) is 25.0. The van der Waals surface area contributed by atoms with E-state index in [0.717, 1.165) is 34.6 Å². The van der Waals surface area contributed by atoms with Crippen molar-refractivity contribution in [1.29, 1.82) is 0 Å². The number of fused-ring (bicyclic) bond motifs is 1. The summed E-state index contributed by atoms with van der Waals surface area (Å²) in [5.41, 5.74) is 6.30. The van der Waals surface area contributed by atoms with E-state index in [0.29, 0.717) is 17.9 Å². The number of carbonyl (C=O) groups excluding carboxylic acids is 2. The number of hydrazine groups is 1. The van der Waals surface area contributed by atoms with Crippen molar-refractivity contribution in [2.45, 2.75) is 39.2 Å². The maximum Gasteiger partial charge on any atom is 0.273 e. The number of nitrogens with zero attached hydrogens (tertiary/aromatic N) is 1. The van der Waals surface area contributed by atoms with Gasteiger partial charge in [0.15, 0.2) is 0 Å². The van der Waals surface area contributed by atoms with Crippen LogP contribution in [0.15, 0.2) is 59.2 Å². The molecule has 1 aromatic heterocycles. The molecule has 0 unspecified atom stereocenters. The van der Waals surface area contributed by atoms with Gasteiger partial charge in [0.25, 0.3) is 11.8 Å². The molecule has 0 aliphatic heterocycles. The van der Waals surface area contributed by atoms with Crippen molar-refractivity contribution < 1.29 is 14.3 Å². The van der Waals surface area contributed by atoms with E-state index in [9.17, 15) is 9.59 Å². The summed E-state index contributed by atoms with van der Waals surface area (Å²) in [6, 6.07) is 15.0. The molecule has 7 heteroatoms.